The maximum Gasteiger partial charge on any atom is 2.00 e. The molecular weight excluding hydrogens is 445 g/mol. The summed E-state index contributed by atoms with van der Waals surface area (Å²) in [6.45, 7) is 8.10. The van der Waals surface area contributed by atoms with Crippen LogP contribution in [0.25, 0.3) is 0 Å². The first kappa shape index (κ1) is 15.6. The fraction of sp³-hybridized carbons (Fsp3) is 0. The molecule has 0 aromatic rings. The Balaban J connectivity index is -0.0000000480. The van der Waals surface area contributed by atoms with Crippen molar-refractivity contribution in [2.24, 2.45) is 0 Å². The summed E-state index contributed by atoms with van der Waals surface area (Å²) in [4.78, 5) is 7.75. The van der Waals surface area contributed by atoms with Gasteiger partial charge < -0.3 is 4.79 Å². The van der Waals surface area contributed by atoms with Gasteiger partial charge in [0.25, 0.3) is 0 Å². The molecule has 0 aliphatic carbocycles. The molecule has 7 heavy (non-hydrogen) atoms. The van der Waals surface area contributed by atoms with Crippen molar-refractivity contribution in [1.29, 1.82) is 0 Å². The smallest absolute Gasteiger partial charge is 0.545 e. The minimum absolute atomic E-state index is 0. The summed E-state index contributed by atoms with van der Waals surface area (Å²) in [7, 11) is 0. The Morgan fingerprint density at radius 2 is 1.57 bits per heavy atom. The van der Waals surface area contributed by atoms with Gasteiger partial charge in [-0.25, -0.2) is 0 Å². The zero-order chi connectivity index (χ0) is 5.41. The first-order valence-corrected chi connectivity index (χ1v) is 2.57. The van der Waals surface area contributed by atoms with Crippen LogP contribution in [-0.4, -0.2) is 11.4 Å². The van der Waals surface area contributed by atoms with Crippen LogP contribution in [0.5, 0.6) is 0 Å². The molecule has 0 heterocycles. The molecule has 0 saturated heterocycles. The zero-order valence-corrected chi connectivity index (χ0v) is 8.51. The van der Waals surface area contributed by atoms with Crippen molar-refractivity contribution >= 4 is 11.4 Å². The Morgan fingerprint density at radius 1 is 1.43 bits per heavy atom. The van der Waals surface area contributed by atoms with E-state index in [-0.39, 0.29) is 19.8 Å². The van der Waals surface area contributed by atoms with Crippen LogP contribution in [0.1, 0.15) is 0 Å². The Kier molecular flexibility index (Phi) is 69.3. The van der Waals surface area contributed by atoms with Crippen LogP contribution in [0.3, 0.4) is 0 Å². The van der Waals surface area contributed by atoms with E-state index in [2.05, 4.69) is 6.79 Å². The standard InChI is InChI=1S/C3H3.CHO.2Os/c1-3-2;1-2;;/h1-3H;1H;;/q2*-1;;+2. The molecule has 0 atom stereocenters. The van der Waals surface area contributed by atoms with Gasteiger partial charge in [0.05, 0.1) is 0 Å². The van der Waals surface area contributed by atoms with Crippen LogP contribution in [0.15, 0.2) is 6.08 Å². The number of rotatable bonds is 1. The molecule has 0 amide bonds. The van der Waals surface area contributed by atoms with Gasteiger partial charge in [-0.2, -0.15) is 0 Å². The van der Waals surface area contributed by atoms with E-state index in [0.29, 0.717) is 0 Å². The molecule has 0 rings (SSSR count). The molecule has 0 saturated carbocycles. The molecule has 3 heteroatoms. The molecule has 0 aromatic heterocycles. The van der Waals surface area contributed by atoms with E-state index in [9.17, 15) is 0 Å². The average Bonchev–Trinajstić information content (AvgIpc) is 1.72. The van der Waals surface area contributed by atoms with Gasteiger partial charge >= 0.3 is 55.2 Å². The van der Waals surface area contributed by atoms with Crippen molar-refractivity contribution in [2.75, 3.05) is 0 Å². The van der Waals surface area contributed by atoms with Crippen LogP contribution in [0.2, 0.25) is 0 Å². The molecule has 0 unspecified atom stereocenters. The quantitative estimate of drug-likeness (QED) is 0.409. The number of hydrogen-bond acceptors (Lipinski definition) is 1. The molecular formula is C4H4OOs2. The summed E-state index contributed by atoms with van der Waals surface area (Å²) in [5, 5.41) is 0. The minimum atomic E-state index is 0. The molecule has 0 bridgehead atoms. The third-order valence-electron chi connectivity index (χ3n) is 0.0680. The van der Waals surface area contributed by atoms with E-state index in [4.69, 9.17) is 11.4 Å². The van der Waals surface area contributed by atoms with Crippen molar-refractivity contribution in [3.8, 4) is 0 Å². The van der Waals surface area contributed by atoms with E-state index in [1.807, 2.05) is 0 Å². The van der Waals surface area contributed by atoms with E-state index in [1.54, 1.807) is 22.7 Å². The summed E-state index contributed by atoms with van der Waals surface area (Å²) < 4.78 is 1.81. The topological polar surface area (TPSA) is 17.1 Å². The van der Waals surface area contributed by atoms with E-state index in [0.717, 1.165) is 0 Å². The molecule has 0 N–H and O–H groups in total. The molecule has 42 valence electrons. The van der Waals surface area contributed by atoms with Gasteiger partial charge in [-0.1, -0.05) is 0 Å². The fourth-order valence-corrected chi connectivity index (χ4v) is 0. The van der Waals surface area contributed by atoms with Gasteiger partial charge in [0, 0.05) is 0 Å². The van der Waals surface area contributed by atoms with Crippen molar-refractivity contribution in [2.45, 2.75) is 0 Å². The molecule has 0 spiro atoms. The largest absolute Gasteiger partial charge is 2.00 e. The number of hydrogen-bond donors (Lipinski definition) is 0. The monoisotopic (exact) mass is 452 g/mol. The molecule has 0 radical (unpaired) electrons. The van der Waals surface area contributed by atoms with Gasteiger partial charge in [-0.15, -0.1) is 0 Å². The zero-order valence-electron chi connectivity index (χ0n) is 3.42. The maximum atomic E-state index is 7.75. The van der Waals surface area contributed by atoms with Crippen LogP contribution in [0, 0.1) is 6.58 Å². The Morgan fingerprint density at radius 3 is 1.57 bits per heavy atom. The Hall–Kier alpha value is 0.553. The van der Waals surface area contributed by atoms with E-state index < -0.39 is 0 Å². The Labute approximate surface area is 66.7 Å². The van der Waals surface area contributed by atoms with Gasteiger partial charge in [0.2, 0.25) is 0 Å². The molecule has 0 aliphatic rings. The predicted octanol–water partition coefficient (Wildman–Crippen LogP) is 0.0480. The van der Waals surface area contributed by atoms with Crippen molar-refractivity contribution in [3.63, 3.8) is 0 Å². The average molecular weight is 449 g/mol. The second kappa shape index (κ2) is 31.0. The number of carbonyl (C=O) groups excluding carboxylic acids is 1. The predicted molar refractivity (Wildman–Crippen MR) is 21.7 cm³/mol. The van der Waals surface area contributed by atoms with E-state index in [1.165, 1.54) is 6.08 Å². The second-order valence-corrected chi connectivity index (χ2v) is 1.16. The third-order valence-corrected chi connectivity index (χ3v) is 0.557. The van der Waals surface area contributed by atoms with Gasteiger partial charge in [0.15, 0.2) is 0 Å². The van der Waals surface area contributed by atoms with Crippen molar-refractivity contribution in [1.82, 2.24) is 0 Å². The summed E-state index contributed by atoms with van der Waals surface area (Å²) in [5.74, 6) is 0. The summed E-state index contributed by atoms with van der Waals surface area (Å²) in [6.07, 6.45) is 1.51. The van der Waals surface area contributed by atoms with Crippen molar-refractivity contribution < 1.29 is 42.7 Å². The minimum Gasteiger partial charge on any atom is -0.545 e. The SMILES string of the molecule is [CH-]=C[CH]=[Os].[CH-]=O.[Os+2]. The molecule has 0 aliphatic heterocycles. The van der Waals surface area contributed by atoms with E-state index >= 15 is 0 Å². The third kappa shape index (κ3) is 56.3. The van der Waals surface area contributed by atoms with Crippen LogP contribution >= 0.6 is 0 Å². The normalized spacial score (nSPS) is 3.57. The van der Waals surface area contributed by atoms with Gasteiger partial charge in [-0.05, 0) is 0 Å². The summed E-state index contributed by atoms with van der Waals surface area (Å²) >= 11 is 1.72. The first-order chi connectivity index (χ1) is 2.91. The molecule has 1 nitrogen and oxygen atoms in total. The molecule has 0 aromatic carbocycles. The van der Waals surface area contributed by atoms with Crippen LogP contribution in [0.4, 0.5) is 0 Å². The first-order valence-electron chi connectivity index (χ1n) is 1.11. The Bertz CT molecular complexity index is 39.0. The van der Waals surface area contributed by atoms with Gasteiger partial charge in [-0.3, -0.25) is 6.79 Å². The van der Waals surface area contributed by atoms with Crippen LogP contribution in [-0.2, 0) is 42.7 Å². The second-order valence-electron chi connectivity index (χ2n) is 0.310. The fourth-order valence-electron chi connectivity index (χ4n) is 0. The molecule has 0 fully saturated rings. The number of allylic oxidation sites excluding steroid dienone is 1. The van der Waals surface area contributed by atoms with Crippen LogP contribution < -0.4 is 0 Å². The summed E-state index contributed by atoms with van der Waals surface area (Å²) in [5.41, 5.74) is 0. The maximum absolute atomic E-state index is 7.75. The summed E-state index contributed by atoms with van der Waals surface area (Å²) in [6, 6.07) is 0. The van der Waals surface area contributed by atoms with Gasteiger partial charge in [0.1, 0.15) is 0 Å². The van der Waals surface area contributed by atoms with Crippen molar-refractivity contribution in [3.05, 3.63) is 12.7 Å².